The van der Waals surface area contributed by atoms with Crippen molar-refractivity contribution in [1.29, 1.82) is 0 Å². The van der Waals surface area contributed by atoms with E-state index < -0.39 is 0 Å². The van der Waals surface area contributed by atoms with Gasteiger partial charge in [-0.15, -0.1) is 0 Å². The highest BCUT2D eigenvalue weighted by Crippen LogP contribution is 2.28. The fourth-order valence-corrected chi connectivity index (χ4v) is 4.40. The molecule has 3 aromatic carbocycles. The molecule has 1 aliphatic heterocycles. The maximum absolute atomic E-state index is 13.7. The third kappa shape index (κ3) is 5.85. The Morgan fingerprint density at radius 2 is 1.55 bits per heavy atom. The zero-order valence-corrected chi connectivity index (χ0v) is 19.8. The Bertz CT molecular complexity index is 1050. The van der Waals surface area contributed by atoms with Gasteiger partial charge in [0.1, 0.15) is 23.4 Å². The molecule has 4 nitrogen and oxygen atoms in total. The molecule has 0 aromatic heterocycles. The van der Waals surface area contributed by atoms with Crippen molar-refractivity contribution in [3.8, 4) is 11.5 Å². The standard InChI is InChI=1S/C28H33FN2O2/c1-21-6-4-5-7-27(21)31-18-16-30(17-19-31)15-14-28(23-8-10-24(32-3)11-9-23)33-25-12-13-26(29)22(2)20-25/h4-13,20,28H,14-19H2,1-3H3. The first-order chi connectivity index (χ1) is 16.0. The molecule has 1 unspecified atom stereocenters. The summed E-state index contributed by atoms with van der Waals surface area (Å²) in [6.45, 7) is 8.98. The van der Waals surface area contributed by atoms with Gasteiger partial charge in [0.2, 0.25) is 0 Å². The van der Waals surface area contributed by atoms with Crippen molar-refractivity contribution >= 4 is 5.69 Å². The second-order valence-electron chi connectivity index (χ2n) is 8.69. The molecule has 33 heavy (non-hydrogen) atoms. The van der Waals surface area contributed by atoms with E-state index >= 15 is 0 Å². The van der Waals surface area contributed by atoms with Crippen molar-refractivity contribution in [3.63, 3.8) is 0 Å². The number of hydrogen-bond acceptors (Lipinski definition) is 4. The van der Waals surface area contributed by atoms with Crippen LogP contribution in [0, 0.1) is 19.7 Å². The van der Waals surface area contributed by atoms with E-state index in [0.29, 0.717) is 11.3 Å². The summed E-state index contributed by atoms with van der Waals surface area (Å²) in [5.74, 6) is 1.30. The summed E-state index contributed by atoms with van der Waals surface area (Å²) in [7, 11) is 1.67. The van der Waals surface area contributed by atoms with Crippen LogP contribution in [0.3, 0.4) is 0 Å². The number of methoxy groups -OCH3 is 1. The maximum Gasteiger partial charge on any atom is 0.126 e. The Labute approximate surface area is 196 Å². The number of hydrogen-bond donors (Lipinski definition) is 0. The lowest BCUT2D eigenvalue weighted by molar-refractivity contribution is 0.160. The highest BCUT2D eigenvalue weighted by molar-refractivity contribution is 5.53. The zero-order chi connectivity index (χ0) is 23.2. The van der Waals surface area contributed by atoms with Gasteiger partial charge in [-0.05, 0) is 66.9 Å². The van der Waals surface area contributed by atoms with Crippen LogP contribution >= 0.6 is 0 Å². The molecule has 174 valence electrons. The molecule has 1 atom stereocenters. The third-order valence-corrected chi connectivity index (χ3v) is 6.43. The van der Waals surface area contributed by atoms with E-state index in [0.717, 1.165) is 50.5 Å². The van der Waals surface area contributed by atoms with Gasteiger partial charge in [0.15, 0.2) is 0 Å². The topological polar surface area (TPSA) is 24.9 Å². The Kier molecular flexibility index (Phi) is 7.50. The van der Waals surface area contributed by atoms with E-state index in [-0.39, 0.29) is 11.9 Å². The highest BCUT2D eigenvalue weighted by atomic mass is 19.1. The fourth-order valence-electron chi connectivity index (χ4n) is 4.40. The molecular weight excluding hydrogens is 415 g/mol. The number of rotatable bonds is 8. The molecular formula is C28H33FN2O2. The minimum Gasteiger partial charge on any atom is -0.497 e. The second kappa shape index (κ2) is 10.7. The molecule has 0 bridgehead atoms. The Balaban J connectivity index is 1.40. The lowest BCUT2D eigenvalue weighted by Gasteiger charge is -2.37. The van der Waals surface area contributed by atoms with Crippen LogP contribution in [-0.4, -0.2) is 44.7 Å². The Morgan fingerprint density at radius 3 is 2.21 bits per heavy atom. The van der Waals surface area contributed by atoms with Crippen LogP contribution < -0.4 is 14.4 Å². The molecule has 1 saturated heterocycles. The molecule has 5 heteroatoms. The Hall–Kier alpha value is -3.05. The van der Waals surface area contributed by atoms with Gasteiger partial charge in [0.05, 0.1) is 7.11 Å². The quantitative estimate of drug-likeness (QED) is 0.436. The van der Waals surface area contributed by atoms with Gasteiger partial charge < -0.3 is 14.4 Å². The average molecular weight is 449 g/mol. The average Bonchev–Trinajstić information content (AvgIpc) is 2.85. The van der Waals surface area contributed by atoms with Crippen LogP contribution in [0.2, 0.25) is 0 Å². The third-order valence-electron chi connectivity index (χ3n) is 6.43. The number of benzene rings is 3. The van der Waals surface area contributed by atoms with Crippen LogP contribution in [0.15, 0.2) is 66.7 Å². The van der Waals surface area contributed by atoms with Gasteiger partial charge >= 0.3 is 0 Å². The van der Waals surface area contributed by atoms with Crippen molar-refractivity contribution in [2.24, 2.45) is 0 Å². The number of aryl methyl sites for hydroxylation is 2. The molecule has 0 aliphatic carbocycles. The molecule has 0 spiro atoms. The molecule has 3 aromatic rings. The van der Waals surface area contributed by atoms with Crippen LogP contribution in [0.4, 0.5) is 10.1 Å². The normalized spacial score (nSPS) is 15.3. The number of halogens is 1. The maximum atomic E-state index is 13.7. The number of ether oxygens (including phenoxy) is 2. The van der Waals surface area contributed by atoms with Crippen molar-refractivity contribution in [2.75, 3.05) is 44.7 Å². The SMILES string of the molecule is COc1ccc(C(CCN2CCN(c3ccccc3C)CC2)Oc2ccc(F)c(C)c2)cc1. The monoisotopic (exact) mass is 448 g/mol. The summed E-state index contributed by atoms with van der Waals surface area (Å²) in [6, 6.07) is 21.6. The number of nitrogens with zero attached hydrogens (tertiary/aromatic N) is 2. The first kappa shape index (κ1) is 23.1. The van der Waals surface area contributed by atoms with E-state index in [1.807, 2.05) is 12.1 Å². The predicted octanol–water partition coefficient (Wildman–Crippen LogP) is 5.78. The second-order valence-corrected chi connectivity index (χ2v) is 8.69. The molecule has 1 fully saturated rings. The summed E-state index contributed by atoms with van der Waals surface area (Å²) in [5.41, 5.74) is 4.35. The van der Waals surface area contributed by atoms with E-state index in [1.54, 1.807) is 26.2 Å². The van der Waals surface area contributed by atoms with Gasteiger partial charge in [-0.1, -0.05) is 30.3 Å². The molecule has 4 rings (SSSR count). The number of piperazine rings is 1. The van der Waals surface area contributed by atoms with Crippen LogP contribution in [0.1, 0.15) is 29.2 Å². The van der Waals surface area contributed by atoms with Crippen molar-refractivity contribution in [2.45, 2.75) is 26.4 Å². The summed E-state index contributed by atoms with van der Waals surface area (Å²) in [4.78, 5) is 4.98. The minimum absolute atomic E-state index is 0.116. The number of anilines is 1. The van der Waals surface area contributed by atoms with E-state index in [1.165, 1.54) is 17.3 Å². The van der Waals surface area contributed by atoms with E-state index in [2.05, 4.69) is 53.1 Å². The first-order valence-electron chi connectivity index (χ1n) is 11.6. The van der Waals surface area contributed by atoms with E-state index in [9.17, 15) is 4.39 Å². The zero-order valence-electron chi connectivity index (χ0n) is 19.8. The molecule has 0 radical (unpaired) electrons. The molecule has 1 heterocycles. The lowest BCUT2D eigenvalue weighted by Crippen LogP contribution is -2.47. The molecule has 0 N–H and O–H groups in total. The van der Waals surface area contributed by atoms with Gasteiger partial charge in [-0.2, -0.15) is 0 Å². The Morgan fingerprint density at radius 1 is 0.848 bits per heavy atom. The van der Waals surface area contributed by atoms with Gasteiger partial charge in [0.25, 0.3) is 0 Å². The van der Waals surface area contributed by atoms with Crippen LogP contribution in [-0.2, 0) is 0 Å². The van der Waals surface area contributed by atoms with Crippen LogP contribution in [0.25, 0.3) is 0 Å². The van der Waals surface area contributed by atoms with Gasteiger partial charge in [-0.3, -0.25) is 4.90 Å². The predicted molar refractivity (Wildman–Crippen MR) is 132 cm³/mol. The summed E-state index contributed by atoms with van der Waals surface area (Å²) < 4.78 is 25.4. The smallest absolute Gasteiger partial charge is 0.126 e. The summed E-state index contributed by atoms with van der Waals surface area (Å²) in [5, 5.41) is 0. The molecule has 0 saturated carbocycles. The first-order valence-corrected chi connectivity index (χ1v) is 11.6. The van der Waals surface area contributed by atoms with Crippen molar-refractivity contribution in [3.05, 3.63) is 89.2 Å². The molecule has 0 amide bonds. The lowest BCUT2D eigenvalue weighted by atomic mass is 10.1. The largest absolute Gasteiger partial charge is 0.497 e. The van der Waals surface area contributed by atoms with E-state index in [4.69, 9.17) is 9.47 Å². The summed E-state index contributed by atoms with van der Waals surface area (Å²) >= 11 is 0. The molecule has 1 aliphatic rings. The van der Waals surface area contributed by atoms with Gasteiger partial charge in [-0.25, -0.2) is 4.39 Å². The van der Waals surface area contributed by atoms with Gasteiger partial charge in [0, 0.05) is 44.8 Å². The minimum atomic E-state index is -0.213. The van der Waals surface area contributed by atoms with Crippen molar-refractivity contribution in [1.82, 2.24) is 4.90 Å². The number of para-hydroxylation sites is 1. The fraction of sp³-hybridized carbons (Fsp3) is 0.357. The van der Waals surface area contributed by atoms with Crippen molar-refractivity contribution < 1.29 is 13.9 Å². The van der Waals surface area contributed by atoms with Crippen LogP contribution in [0.5, 0.6) is 11.5 Å². The summed E-state index contributed by atoms with van der Waals surface area (Å²) in [6.07, 6.45) is 0.739. The highest BCUT2D eigenvalue weighted by Gasteiger charge is 2.21.